The third-order valence-corrected chi connectivity index (χ3v) is 4.33. The van der Waals surface area contributed by atoms with Crippen molar-refractivity contribution in [1.29, 1.82) is 0 Å². The number of hydrogen-bond donors (Lipinski definition) is 1. The summed E-state index contributed by atoms with van der Waals surface area (Å²) in [6.07, 6.45) is 7.03. The smallest absolute Gasteiger partial charge is 0.280 e. The minimum atomic E-state index is -0.190. The van der Waals surface area contributed by atoms with Gasteiger partial charge in [-0.2, -0.15) is 0 Å². The van der Waals surface area contributed by atoms with Crippen molar-refractivity contribution in [2.75, 3.05) is 18.0 Å². The topological polar surface area (TPSA) is 79.7 Å². The summed E-state index contributed by atoms with van der Waals surface area (Å²) in [4.78, 5) is 27.4. The first-order valence-electron chi connectivity index (χ1n) is 8.72. The van der Waals surface area contributed by atoms with Gasteiger partial charge in [-0.15, -0.1) is 0 Å². The standard InChI is InChI=1S/C16H15ClN6O.C2H6/c17-13-4-3-11(8-18-13)12-9-21-23(16(12)24)15-7-14(19-10-20-15)22-5-1-2-6-22;1-2/h3-4,7-10,21H,1-2,5-6H2;1-2H3. The third-order valence-electron chi connectivity index (χ3n) is 4.11. The molecule has 1 saturated heterocycles. The van der Waals surface area contributed by atoms with E-state index in [0.29, 0.717) is 22.1 Å². The zero-order chi connectivity index (χ0) is 18.5. The molecule has 0 unspecified atom stereocenters. The Morgan fingerprint density at radius 2 is 1.81 bits per heavy atom. The average Bonchev–Trinajstić information content (AvgIpc) is 3.34. The van der Waals surface area contributed by atoms with Crippen molar-refractivity contribution < 1.29 is 0 Å². The van der Waals surface area contributed by atoms with Gasteiger partial charge in [-0.3, -0.25) is 9.89 Å². The van der Waals surface area contributed by atoms with Gasteiger partial charge >= 0.3 is 0 Å². The van der Waals surface area contributed by atoms with Crippen LogP contribution >= 0.6 is 11.6 Å². The summed E-state index contributed by atoms with van der Waals surface area (Å²) in [7, 11) is 0. The highest BCUT2D eigenvalue weighted by Crippen LogP contribution is 2.20. The molecular formula is C18H21ClN6O. The van der Waals surface area contributed by atoms with Crippen LogP contribution in [-0.2, 0) is 0 Å². The number of rotatable bonds is 3. The van der Waals surface area contributed by atoms with E-state index in [1.807, 2.05) is 19.9 Å². The lowest BCUT2D eigenvalue weighted by Crippen LogP contribution is -2.21. The van der Waals surface area contributed by atoms with Crippen molar-refractivity contribution in [3.05, 3.63) is 52.4 Å². The first kappa shape index (κ1) is 18.1. The molecule has 0 bridgehead atoms. The number of pyridine rings is 1. The minimum absolute atomic E-state index is 0.190. The summed E-state index contributed by atoms with van der Waals surface area (Å²) >= 11 is 5.80. The molecule has 0 spiro atoms. The molecule has 4 rings (SSSR count). The van der Waals surface area contributed by atoms with Crippen LogP contribution in [0, 0.1) is 0 Å². The highest BCUT2D eigenvalue weighted by Gasteiger charge is 2.16. The van der Waals surface area contributed by atoms with E-state index in [1.54, 1.807) is 24.5 Å². The molecule has 1 aliphatic heterocycles. The molecule has 7 nitrogen and oxygen atoms in total. The van der Waals surface area contributed by atoms with Crippen LogP contribution in [-0.4, -0.2) is 37.8 Å². The van der Waals surface area contributed by atoms with Gasteiger partial charge in [0.25, 0.3) is 5.56 Å². The number of aromatic amines is 1. The molecular weight excluding hydrogens is 352 g/mol. The van der Waals surface area contributed by atoms with Gasteiger partial charge in [0, 0.05) is 37.1 Å². The number of anilines is 1. The number of aromatic nitrogens is 5. The van der Waals surface area contributed by atoms with E-state index < -0.39 is 0 Å². The highest BCUT2D eigenvalue weighted by molar-refractivity contribution is 6.29. The summed E-state index contributed by atoms with van der Waals surface area (Å²) < 4.78 is 1.41. The molecule has 0 atom stereocenters. The second kappa shape index (κ2) is 8.14. The van der Waals surface area contributed by atoms with Crippen LogP contribution in [0.5, 0.6) is 0 Å². The fourth-order valence-corrected chi connectivity index (χ4v) is 2.97. The molecule has 26 heavy (non-hydrogen) atoms. The van der Waals surface area contributed by atoms with Crippen LogP contribution in [0.3, 0.4) is 0 Å². The van der Waals surface area contributed by atoms with Gasteiger partial charge in [0.05, 0.1) is 5.56 Å². The summed E-state index contributed by atoms with van der Waals surface area (Å²) in [5.41, 5.74) is 1.03. The van der Waals surface area contributed by atoms with Gasteiger partial charge in [0.1, 0.15) is 17.3 Å². The summed E-state index contributed by atoms with van der Waals surface area (Å²) in [5, 5.41) is 3.35. The maximum atomic E-state index is 12.7. The van der Waals surface area contributed by atoms with Crippen LogP contribution in [0.25, 0.3) is 16.9 Å². The molecule has 0 aromatic carbocycles. The minimum Gasteiger partial charge on any atom is -0.356 e. The second-order valence-electron chi connectivity index (χ2n) is 5.63. The van der Waals surface area contributed by atoms with Crippen molar-refractivity contribution in [2.24, 2.45) is 0 Å². The van der Waals surface area contributed by atoms with E-state index in [0.717, 1.165) is 31.7 Å². The van der Waals surface area contributed by atoms with Crippen LogP contribution in [0.4, 0.5) is 5.82 Å². The Kier molecular flexibility index (Phi) is 5.68. The molecule has 0 amide bonds. The largest absolute Gasteiger partial charge is 0.356 e. The van der Waals surface area contributed by atoms with Crippen molar-refractivity contribution in [3.63, 3.8) is 0 Å². The Labute approximate surface area is 156 Å². The molecule has 3 aromatic rings. The van der Waals surface area contributed by atoms with Gasteiger partial charge in [0.15, 0.2) is 5.82 Å². The monoisotopic (exact) mass is 372 g/mol. The van der Waals surface area contributed by atoms with E-state index in [-0.39, 0.29) is 5.56 Å². The average molecular weight is 373 g/mol. The van der Waals surface area contributed by atoms with Crippen LogP contribution in [0.2, 0.25) is 5.15 Å². The van der Waals surface area contributed by atoms with E-state index >= 15 is 0 Å². The van der Waals surface area contributed by atoms with E-state index in [9.17, 15) is 4.79 Å². The molecule has 1 aliphatic rings. The molecule has 1 fully saturated rings. The molecule has 0 radical (unpaired) electrons. The number of halogens is 1. The fraction of sp³-hybridized carbons (Fsp3) is 0.333. The van der Waals surface area contributed by atoms with Crippen molar-refractivity contribution in [1.82, 2.24) is 24.7 Å². The Morgan fingerprint density at radius 1 is 1.08 bits per heavy atom. The van der Waals surface area contributed by atoms with Crippen molar-refractivity contribution in [2.45, 2.75) is 26.7 Å². The quantitative estimate of drug-likeness (QED) is 0.713. The number of hydrogen-bond acceptors (Lipinski definition) is 5. The van der Waals surface area contributed by atoms with Crippen LogP contribution in [0.1, 0.15) is 26.7 Å². The van der Waals surface area contributed by atoms with Crippen molar-refractivity contribution in [3.8, 4) is 16.9 Å². The lowest BCUT2D eigenvalue weighted by Gasteiger charge is -2.16. The van der Waals surface area contributed by atoms with Gasteiger partial charge < -0.3 is 4.90 Å². The van der Waals surface area contributed by atoms with Crippen LogP contribution < -0.4 is 10.5 Å². The Bertz CT molecular complexity index is 912. The fourth-order valence-electron chi connectivity index (χ4n) is 2.86. The van der Waals surface area contributed by atoms with E-state index in [4.69, 9.17) is 11.6 Å². The highest BCUT2D eigenvalue weighted by atomic mass is 35.5. The SMILES string of the molecule is CC.O=c1c(-c2ccc(Cl)nc2)c[nH]n1-c1cc(N2CCCC2)ncn1. The normalized spacial score (nSPS) is 13.4. The first-order chi connectivity index (χ1) is 12.7. The molecule has 136 valence electrons. The molecule has 0 saturated carbocycles. The first-order valence-corrected chi connectivity index (χ1v) is 9.10. The molecule has 1 N–H and O–H groups in total. The summed E-state index contributed by atoms with van der Waals surface area (Å²) in [6, 6.07) is 5.25. The van der Waals surface area contributed by atoms with Gasteiger partial charge in [-0.1, -0.05) is 25.4 Å². The molecule has 3 aromatic heterocycles. The van der Waals surface area contributed by atoms with Crippen LogP contribution in [0.15, 0.2) is 41.7 Å². The Morgan fingerprint density at radius 3 is 2.50 bits per heavy atom. The predicted octanol–water partition coefficient (Wildman–Crippen LogP) is 3.30. The van der Waals surface area contributed by atoms with E-state index in [1.165, 1.54) is 11.0 Å². The number of nitrogens with one attached hydrogen (secondary N) is 1. The van der Waals surface area contributed by atoms with Gasteiger partial charge in [-0.05, 0) is 25.0 Å². The van der Waals surface area contributed by atoms with Gasteiger partial charge in [-0.25, -0.2) is 19.6 Å². The molecule has 0 aliphatic carbocycles. The molecule has 4 heterocycles. The maximum absolute atomic E-state index is 12.7. The van der Waals surface area contributed by atoms with E-state index in [2.05, 4.69) is 25.0 Å². The maximum Gasteiger partial charge on any atom is 0.280 e. The predicted molar refractivity (Wildman–Crippen MR) is 103 cm³/mol. The van der Waals surface area contributed by atoms with Gasteiger partial charge in [0.2, 0.25) is 0 Å². The molecule has 8 heteroatoms. The zero-order valence-corrected chi connectivity index (χ0v) is 15.6. The third kappa shape index (κ3) is 3.62. The number of nitrogens with zero attached hydrogens (tertiary/aromatic N) is 5. The Hall–Kier alpha value is -2.67. The summed E-state index contributed by atoms with van der Waals surface area (Å²) in [5.74, 6) is 1.36. The lowest BCUT2D eigenvalue weighted by atomic mass is 10.2. The lowest BCUT2D eigenvalue weighted by molar-refractivity contribution is 0.806. The summed E-state index contributed by atoms with van der Waals surface area (Å²) in [6.45, 7) is 5.97. The zero-order valence-electron chi connectivity index (χ0n) is 14.8. The number of H-pyrrole nitrogens is 1. The Balaban J connectivity index is 0.000000948. The second-order valence-corrected chi connectivity index (χ2v) is 6.01. The van der Waals surface area contributed by atoms with Crippen molar-refractivity contribution >= 4 is 17.4 Å².